The number of amides is 2. The molecule has 1 aromatic carbocycles. The molecule has 17 heavy (non-hydrogen) atoms. The van der Waals surface area contributed by atoms with Crippen molar-refractivity contribution < 1.29 is 19.1 Å². The van der Waals surface area contributed by atoms with Crippen LogP contribution in [0.25, 0.3) is 0 Å². The predicted octanol–water partition coefficient (Wildman–Crippen LogP) is 0.164. The standard InChI is InChI=1S/C10H10BrFN2O3/c11-5-1-2-6(7(12)3-5)10(17)14-4-8(15)9(13)16/h1-3,8,15H,4H2,(H2,13,16)(H,14,17). The molecular weight excluding hydrogens is 295 g/mol. The van der Waals surface area contributed by atoms with Crippen LogP contribution >= 0.6 is 15.9 Å². The van der Waals surface area contributed by atoms with Crippen LogP contribution in [0.2, 0.25) is 0 Å². The molecule has 0 aliphatic rings. The zero-order chi connectivity index (χ0) is 13.0. The van der Waals surface area contributed by atoms with Crippen LogP contribution in [0.1, 0.15) is 10.4 Å². The Morgan fingerprint density at radius 3 is 2.71 bits per heavy atom. The molecule has 0 radical (unpaired) electrons. The van der Waals surface area contributed by atoms with Crippen molar-refractivity contribution in [3.8, 4) is 0 Å². The van der Waals surface area contributed by atoms with Crippen LogP contribution < -0.4 is 11.1 Å². The topological polar surface area (TPSA) is 92.4 Å². The summed E-state index contributed by atoms with van der Waals surface area (Å²) in [4.78, 5) is 22.0. The Kier molecular flexibility index (Phi) is 4.59. The number of halogens is 2. The Bertz CT molecular complexity index is 453. The van der Waals surface area contributed by atoms with Crippen LogP contribution in [-0.4, -0.2) is 29.6 Å². The molecule has 0 saturated carbocycles. The number of carbonyl (C=O) groups excluding carboxylic acids is 2. The van der Waals surface area contributed by atoms with Gasteiger partial charge < -0.3 is 16.2 Å². The number of nitrogens with two attached hydrogens (primary N) is 1. The van der Waals surface area contributed by atoms with Gasteiger partial charge in [0.1, 0.15) is 11.9 Å². The van der Waals surface area contributed by atoms with E-state index >= 15 is 0 Å². The van der Waals surface area contributed by atoms with Gasteiger partial charge in [-0.15, -0.1) is 0 Å². The van der Waals surface area contributed by atoms with Crippen LogP contribution in [0.4, 0.5) is 4.39 Å². The molecule has 92 valence electrons. The van der Waals surface area contributed by atoms with E-state index in [1.165, 1.54) is 12.1 Å². The summed E-state index contributed by atoms with van der Waals surface area (Å²) >= 11 is 3.05. The maximum absolute atomic E-state index is 13.3. The Morgan fingerprint density at radius 2 is 2.18 bits per heavy atom. The summed E-state index contributed by atoms with van der Waals surface area (Å²) in [7, 11) is 0. The lowest BCUT2D eigenvalue weighted by molar-refractivity contribution is -0.125. The van der Waals surface area contributed by atoms with Gasteiger partial charge in [0.2, 0.25) is 5.91 Å². The molecule has 5 nitrogen and oxygen atoms in total. The van der Waals surface area contributed by atoms with Crippen molar-refractivity contribution in [2.45, 2.75) is 6.10 Å². The lowest BCUT2D eigenvalue weighted by atomic mass is 10.2. The summed E-state index contributed by atoms with van der Waals surface area (Å²) in [6.07, 6.45) is -1.49. The number of carbonyl (C=O) groups is 2. The monoisotopic (exact) mass is 304 g/mol. The zero-order valence-electron chi connectivity index (χ0n) is 8.61. The molecule has 0 saturated heterocycles. The normalized spacial score (nSPS) is 11.9. The SMILES string of the molecule is NC(=O)C(O)CNC(=O)c1ccc(Br)cc1F. The van der Waals surface area contributed by atoms with Crippen molar-refractivity contribution in [1.82, 2.24) is 5.32 Å². The molecule has 0 spiro atoms. The smallest absolute Gasteiger partial charge is 0.254 e. The third-order valence-electron chi connectivity index (χ3n) is 1.96. The molecule has 1 aromatic rings. The maximum Gasteiger partial charge on any atom is 0.254 e. The molecule has 7 heteroatoms. The highest BCUT2D eigenvalue weighted by Crippen LogP contribution is 2.15. The van der Waals surface area contributed by atoms with Crippen LogP contribution in [-0.2, 0) is 4.79 Å². The molecule has 0 aliphatic carbocycles. The lowest BCUT2D eigenvalue weighted by Gasteiger charge is -2.09. The number of aliphatic hydroxyl groups is 1. The summed E-state index contributed by atoms with van der Waals surface area (Å²) in [5.74, 6) is -2.39. The molecule has 1 atom stereocenters. The quantitative estimate of drug-likeness (QED) is 0.740. The van der Waals surface area contributed by atoms with E-state index < -0.39 is 23.7 Å². The van der Waals surface area contributed by atoms with Gasteiger partial charge in [0, 0.05) is 4.47 Å². The molecule has 0 bridgehead atoms. The minimum absolute atomic E-state index is 0.176. The number of primary amides is 1. The number of hydrogen-bond acceptors (Lipinski definition) is 3. The minimum atomic E-state index is -1.49. The van der Waals surface area contributed by atoms with Gasteiger partial charge in [-0.3, -0.25) is 9.59 Å². The summed E-state index contributed by atoms with van der Waals surface area (Å²) in [5, 5.41) is 11.2. The Balaban J connectivity index is 2.67. The zero-order valence-corrected chi connectivity index (χ0v) is 10.2. The average molecular weight is 305 g/mol. The molecule has 1 unspecified atom stereocenters. The van der Waals surface area contributed by atoms with Crippen molar-refractivity contribution in [3.05, 3.63) is 34.1 Å². The van der Waals surface area contributed by atoms with E-state index in [0.717, 1.165) is 6.07 Å². The van der Waals surface area contributed by atoms with Crippen molar-refractivity contribution in [2.24, 2.45) is 5.73 Å². The van der Waals surface area contributed by atoms with Crippen molar-refractivity contribution in [1.29, 1.82) is 0 Å². The van der Waals surface area contributed by atoms with Gasteiger partial charge in [-0.25, -0.2) is 4.39 Å². The molecule has 1 rings (SSSR count). The third kappa shape index (κ3) is 3.79. The fraction of sp³-hybridized carbons (Fsp3) is 0.200. The van der Waals surface area contributed by atoms with E-state index in [0.29, 0.717) is 4.47 Å². The summed E-state index contributed by atoms with van der Waals surface area (Å²) in [5.41, 5.74) is 4.61. The summed E-state index contributed by atoms with van der Waals surface area (Å²) < 4.78 is 13.8. The third-order valence-corrected chi connectivity index (χ3v) is 2.45. The van der Waals surface area contributed by atoms with Crippen LogP contribution in [0.15, 0.2) is 22.7 Å². The molecule has 0 aliphatic heterocycles. The first-order chi connectivity index (χ1) is 7.91. The summed E-state index contributed by atoms with van der Waals surface area (Å²) in [6, 6.07) is 3.92. The highest BCUT2D eigenvalue weighted by atomic mass is 79.9. The lowest BCUT2D eigenvalue weighted by Crippen LogP contribution is -2.40. The second-order valence-electron chi connectivity index (χ2n) is 3.25. The molecule has 0 fully saturated rings. The first-order valence-electron chi connectivity index (χ1n) is 4.62. The van der Waals surface area contributed by atoms with Gasteiger partial charge in [-0.05, 0) is 18.2 Å². The van der Waals surface area contributed by atoms with Crippen LogP contribution in [0, 0.1) is 5.82 Å². The van der Waals surface area contributed by atoms with Gasteiger partial charge in [0.15, 0.2) is 0 Å². The fourth-order valence-corrected chi connectivity index (χ4v) is 1.39. The second kappa shape index (κ2) is 5.74. The Morgan fingerprint density at radius 1 is 1.53 bits per heavy atom. The predicted molar refractivity (Wildman–Crippen MR) is 61.6 cm³/mol. The number of aliphatic hydroxyl groups excluding tert-OH is 1. The first kappa shape index (κ1) is 13.6. The number of hydrogen-bond donors (Lipinski definition) is 3. The van der Waals surface area contributed by atoms with E-state index in [1.54, 1.807) is 0 Å². The average Bonchev–Trinajstić information content (AvgIpc) is 2.25. The largest absolute Gasteiger partial charge is 0.381 e. The fourth-order valence-electron chi connectivity index (χ4n) is 1.06. The minimum Gasteiger partial charge on any atom is -0.381 e. The first-order valence-corrected chi connectivity index (χ1v) is 5.41. The van der Waals surface area contributed by atoms with Gasteiger partial charge >= 0.3 is 0 Å². The van der Waals surface area contributed by atoms with Crippen molar-refractivity contribution in [3.63, 3.8) is 0 Å². The van der Waals surface area contributed by atoms with Gasteiger partial charge in [-0.2, -0.15) is 0 Å². The highest BCUT2D eigenvalue weighted by molar-refractivity contribution is 9.10. The number of benzene rings is 1. The Hall–Kier alpha value is -1.47. The van der Waals surface area contributed by atoms with E-state index in [1.807, 2.05) is 0 Å². The van der Waals surface area contributed by atoms with Gasteiger partial charge in [0.25, 0.3) is 5.91 Å². The van der Waals surface area contributed by atoms with Crippen LogP contribution in [0.5, 0.6) is 0 Å². The van der Waals surface area contributed by atoms with E-state index in [4.69, 9.17) is 10.8 Å². The van der Waals surface area contributed by atoms with E-state index in [-0.39, 0.29) is 12.1 Å². The van der Waals surface area contributed by atoms with E-state index in [2.05, 4.69) is 21.2 Å². The van der Waals surface area contributed by atoms with Gasteiger partial charge in [0.05, 0.1) is 12.1 Å². The highest BCUT2D eigenvalue weighted by Gasteiger charge is 2.15. The van der Waals surface area contributed by atoms with Crippen molar-refractivity contribution in [2.75, 3.05) is 6.54 Å². The molecular formula is C10H10BrFN2O3. The summed E-state index contributed by atoms with van der Waals surface area (Å²) in [6.45, 7) is -0.357. The number of rotatable bonds is 4. The number of nitrogens with one attached hydrogen (secondary N) is 1. The molecule has 0 heterocycles. The maximum atomic E-state index is 13.3. The Labute approximate surface area is 105 Å². The molecule has 0 aromatic heterocycles. The van der Waals surface area contributed by atoms with E-state index in [9.17, 15) is 14.0 Å². The van der Waals surface area contributed by atoms with Gasteiger partial charge in [-0.1, -0.05) is 15.9 Å². The second-order valence-corrected chi connectivity index (χ2v) is 4.17. The van der Waals surface area contributed by atoms with Crippen molar-refractivity contribution >= 4 is 27.7 Å². The van der Waals surface area contributed by atoms with Crippen LogP contribution in [0.3, 0.4) is 0 Å². The molecule has 2 amide bonds. The molecule has 4 N–H and O–H groups in total.